The lowest BCUT2D eigenvalue weighted by Gasteiger charge is -2.25. The smallest absolute Gasteiger partial charge is 0.0486 e. The first-order chi connectivity index (χ1) is 19.1. The lowest BCUT2D eigenvalue weighted by atomic mass is 9.90. The number of nitrogens with two attached hydrogens (primary N) is 1. The summed E-state index contributed by atoms with van der Waals surface area (Å²) in [6.07, 6.45) is 21.5. The molecule has 0 amide bonds. The van der Waals surface area contributed by atoms with Crippen LogP contribution in [-0.4, -0.2) is 6.54 Å². The number of para-hydroxylation sites is 1. The molecule has 3 aromatic rings. The van der Waals surface area contributed by atoms with Gasteiger partial charge in [0.2, 0.25) is 0 Å². The molecule has 0 bridgehead atoms. The number of rotatable bonds is 3. The number of allylic oxidation sites excluding steroid dienone is 10. The highest BCUT2D eigenvalue weighted by Gasteiger charge is 2.24. The Hall–Kier alpha value is -4.56. The zero-order chi connectivity index (χ0) is 26.8. The SMILES string of the molecule is C=C1/C=C\C=C/N(c2ccccc2-c2c(N)cccc2-c2ccc3c(c2)C2=CCCC=C2C3)CC/C=C\C1=C. The van der Waals surface area contributed by atoms with Crippen LogP contribution in [0.3, 0.4) is 0 Å². The van der Waals surface area contributed by atoms with Gasteiger partial charge in [0.15, 0.2) is 0 Å². The van der Waals surface area contributed by atoms with Crippen molar-refractivity contribution in [1.29, 1.82) is 0 Å². The van der Waals surface area contributed by atoms with Gasteiger partial charge in [-0.3, -0.25) is 0 Å². The average Bonchev–Trinajstić information content (AvgIpc) is 3.32. The highest BCUT2D eigenvalue weighted by Crippen LogP contribution is 2.45. The Balaban J connectivity index is 1.44. The molecule has 0 saturated heterocycles. The topological polar surface area (TPSA) is 29.3 Å². The standard InChI is InChI=1S/C37H34N2/c1-26-12-7-9-22-39(23-10-8-13-27(26)2)36-19-6-5-16-33(36)37-32(17-11-18-35(37)38)30-21-20-29-24-28-14-3-4-15-31(28)34(29)25-30/h5-9,11-22,25H,1-4,10,23-24,38H2/b12-7-,13-8-,22-9-. The van der Waals surface area contributed by atoms with Crippen LogP contribution in [-0.2, 0) is 6.42 Å². The second-order valence-corrected chi connectivity index (χ2v) is 10.4. The summed E-state index contributed by atoms with van der Waals surface area (Å²) < 4.78 is 0. The first-order valence-electron chi connectivity index (χ1n) is 13.8. The molecule has 2 nitrogen and oxygen atoms in total. The Morgan fingerprint density at radius 3 is 2.49 bits per heavy atom. The summed E-state index contributed by atoms with van der Waals surface area (Å²) in [6, 6.07) is 21.8. The summed E-state index contributed by atoms with van der Waals surface area (Å²) in [7, 11) is 0. The fourth-order valence-electron chi connectivity index (χ4n) is 5.83. The van der Waals surface area contributed by atoms with Gasteiger partial charge < -0.3 is 10.6 Å². The van der Waals surface area contributed by atoms with E-state index < -0.39 is 0 Å². The zero-order valence-corrected chi connectivity index (χ0v) is 22.4. The van der Waals surface area contributed by atoms with Crippen molar-refractivity contribution in [3.8, 4) is 22.3 Å². The van der Waals surface area contributed by atoms with Crippen molar-refractivity contribution in [1.82, 2.24) is 0 Å². The number of anilines is 2. The summed E-state index contributed by atoms with van der Waals surface area (Å²) >= 11 is 0. The second kappa shape index (κ2) is 10.7. The van der Waals surface area contributed by atoms with Crippen LogP contribution >= 0.6 is 0 Å². The van der Waals surface area contributed by atoms with Gasteiger partial charge in [-0.1, -0.05) is 92.1 Å². The van der Waals surface area contributed by atoms with Crippen molar-refractivity contribution in [2.75, 3.05) is 17.2 Å². The molecular formula is C37H34N2. The van der Waals surface area contributed by atoms with Crippen LogP contribution in [0.1, 0.15) is 30.4 Å². The van der Waals surface area contributed by atoms with E-state index in [9.17, 15) is 0 Å². The Morgan fingerprint density at radius 2 is 1.56 bits per heavy atom. The van der Waals surface area contributed by atoms with E-state index in [1.807, 2.05) is 18.2 Å². The molecule has 6 rings (SSSR count). The second-order valence-electron chi connectivity index (χ2n) is 10.4. The van der Waals surface area contributed by atoms with Gasteiger partial charge in [-0.25, -0.2) is 0 Å². The fraction of sp³-hybridized carbons (Fsp3) is 0.135. The van der Waals surface area contributed by atoms with Crippen LogP contribution in [0.2, 0.25) is 0 Å². The maximum Gasteiger partial charge on any atom is 0.0486 e. The maximum atomic E-state index is 6.76. The van der Waals surface area contributed by atoms with Crippen LogP contribution in [0.25, 0.3) is 27.8 Å². The average molecular weight is 507 g/mol. The minimum absolute atomic E-state index is 0.784. The van der Waals surface area contributed by atoms with E-state index in [1.54, 1.807) is 0 Å². The molecule has 0 unspecified atom stereocenters. The lowest BCUT2D eigenvalue weighted by Crippen LogP contribution is -2.18. The molecule has 1 aliphatic heterocycles. The molecule has 39 heavy (non-hydrogen) atoms. The lowest BCUT2D eigenvalue weighted by molar-refractivity contribution is 0.935. The highest BCUT2D eigenvalue weighted by molar-refractivity contribution is 5.97. The normalized spacial score (nSPS) is 19.3. The molecule has 1 heterocycles. The molecule has 0 fully saturated rings. The first-order valence-corrected chi connectivity index (χ1v) is 13.8. The summed E-state index contributed by atoms with van der Waals surface area (Å²) in [4.78, 5) is 2.31. The van der Waals surface area contributed by atoms with E-state index in [4.69, 9.17) is 5.73 Å². The molecule has 0 radical (unpaired) electrons. The van der Waals surface area contributed by atoms with Gasteiger partial charge in [-0.05, 0) is 94.5 Å². The molecule has 0 atom stereocenters. The molecule has 3 aromatic carbocycles. The first kappa shape index (κ1) is 24.8. The minimum Gasteiger partial charge on any atom is -0.398 e. The predicted molar refractivity (Wildman–Crippen MR) is 168 cm³/mol. The number of benzene rings is 3. The van der Waals surface area contributed by atoms with Gasteiger partial charge in [0.1, 0.15) is 0 Å². The van der Waals surface area contributed by atoms with Crippen molar-refractivity contribution in [2.45, 2.75) is 25.7 Å². The van der Waals surface area contributed by atoms with Crippen LogP contribution in [0, 0.1) is 0 Å². The highest BCUT2D eigenvalue weighted by atomic mass is 15.1. The van der Waals surface area contributed by atoms with Crippen molar-refractivity contribution in [2.24, 2.45) is 0 Å². The van der Waals surface area contributed by atoms with E-state index in [0.717, 1.165) is 71.4 Å². The van der Waals surface area contributed by atoms with Gasteiger partial charge >= 0.3 is 0 Å². The van der Waals surface area contributed by atoms with Crippen LogP contribution in [0.15, 0.2) is 139 Å². The van der Waals surface area contributed by atoms with Crippen molar-refractivity contribution >= 4 is 16.9 Å². The van der Waals surface area contributed by atoms with Crippen LogP contribution < -0.4 is 10.6 Å². The van der Waals surface area contributed by atoms with Crippen LogP contribution in [0.5, 0.6) is 0 Å². The Bertz CT molecular complexity index is 1620. The molecule has 2 aliphatic carbocycles. The predicted octanol–water partition coefficient (Wildman–Crippen LogP) is 9.21. The Morgan fingerprint density at radius 1 is 0.744 bits per heavy atom. The molecule has 0 aromatic heterocycles. The Kier molecular flexibility index (Phi) is 6.77. The molecule has 2 heteroatoms. The fourth-order valence-corrected chi connectivity index (χ4v) is 5.83. The van der Waals surface area contributed by atoms with E-state index in [-0.39, 0.29) is 0 Å². The van der Waals surface area contributed by atoms with Gasteiger partial charge in [0, 0.05) is 35.2 Å². The molecule has 3 aliphatic rings. The van der Waals surface area contributed by atoms with Gasteiger partial charge in [-0.15, -0.1) is 0 Å². The molecule has 0 spiro atoms. The third-order valence-corrected chi connectivity index (χ3v) is 7.87. The number of hydrogen-bond acceptors (Lipinski definition) is 2. The summed E-state index contributed by atoms with van der Waals surface area (Å²) in [5.74, 6) is 0. The number of hydrogen-bond donors (Lipinski definition) is 1. The minimum atomic E-state index is 0.784. The third-order valence-electron chi connectivity index (χ3n) is 7.87. The number of nitrogens with zero attached hydrogens (tertiary/aromatic N) is 1. The number of fused-ring (bicyclic) bond motifs is 3. The molecule has 2 N–H and O–H groups in total. The summed E-state index contributed by atoms with van der Waals surface area (Å²) in [5, 5.41) is 0. The largest absolute Gasteiger partial charge is 0.398 e. The van der Waals surface area contributed by atoms with E-state index in [0.29, 0.717) is 0 Å². The monoisotopic (exact) mass is 506 g/mol. The summed E-state index contributed by atoms with van der Waals surface area (Å²) in [5.41, 5.74) is 20.8. The van der Waals surface area contributed by atoms with E-state index in [1.165, 1.54) is 27.8 Å². The Labute approximate surface area is 232 Å². The van der Waals surface area contributed by atoms with Gasteiger partial charge in [0.05, 0.1) is 0 Å². The summed E-state index contributed by atoms with van der Waals surface area (Å²) in [6.45, 7) is 9.08. The number of nitrogen functional groups attached to an aromatic ring is 1. The van der Waals surface area contributed by atoms with Crippen molar-refractivity contribution in [3.63, 3.8) is 0 Å². The van der Waals surface area contributed by atoms with Crippen LogP contribution in [0.4, 0.5) is 11.4 Å². The quantitative estimate of drug-likeness (QED) is 0.359. The van der Waals surface area contributed by atoms with Gasteiger partial charge in [-0.2, -0.15) is 0 Å². The van der Waals surface area contributed by atoms with Gasteiger partial charge in [0.25, 0.3) is 0 Å². The van der Waals surface area contributed by atoms with Crippen molar-refractivity contribution < 1.29 is 0 Å². The van der Waals surface area contributed by atoms with Crippen molar-refractivity contribution in [3.05, 3.63) is 150 Å². The van der Waals surface area contributed by atoms with E-state index >= 15 is 0 Å². The maximum absolute atomic E-state index is 6.76. The zero-order valence-electron chi connectivity index (χ0n) is 22.4. The molecular weight excluding hydrogens is 472 g/mol. The third kappa shape index (κ3) is 4.86. The molecule has 0 saturated carbocycles. The molecule has 192 valence electrons. The van der Waals surface area contributed by atoms with E-state index in [2.05, 4.69) is 109 Å².